The van der Waals surface area contributed by atoms with Crippen molar-refractivity contribution in [3.8, 4) is 5.75 Å². The van der Waals surface area contributed by atoms with Gasteiger partial charge in [0.05, 0.1) is 0 Å². The summed E-state index contributed by atoms with van der Waals surface area (Å²) in [5, 5.41) is 0. The molecule has 5 rings (SSSR count). The maximum absolute atomic E-state index is 13.6. The zero-order valence-corrected chi connectivity index (χ0v) is 27.4. The monoisotopic (exact) mass is 626 g/mol. The van der Waals surface area contributed by atoms with Crippen LogP contribution < -0.4 is 4.74 Å². The van der Waals surface area contributed by atoms with Gasteiger partial charge in [-0.15, -0.1) is 0 Å². The molecule has 2 heterocycles. The number of halogens is 2. The highest BCUT2D eigenvalue weighted by atomic mass is 19.3. The van der Waals surface area contributed by atoms with Crippen molar-refractivity contribution in [2.24, 2.45) is 10.9 Å². The number of ether oxygens (including phenoxy) is 1. The first-order valence-corrected chi connectivity index (χ1v) is 17.2. The molecular weight excluding hydrogens is 578 g/mol. The van der Waals surface area contributed by atoms with Crippen LogP contribution in [-0.4, -0.2) is 36.6 Å². The molecule has 1 aromatic carbocycles. The third-order valence-corrected chi connectivity index (χ3v) is 9.03. The summed E-state index contributed by atoms with van der Waals surface area (Å²) in [6.07, 6.45) is 30.3. The Hall–Kier alpha value is -3.80. The molecule has 2 aliphatic heterocycles. The summed E-state index contributed by atoms with van der Waals surface area (Å²) in [4.78, 5) is 19.5. The molecule has 0 saturated heterocycles. The van der Waals surface area contributed by atoms with Gasteiger partial charge in [-0.05, 0) is 105 Å². The smallest absolute Gasteiger partial charge is 0.387 e. The van der Waals surface area contributed by atoms with Crippen molar-refractivity contribution in [1.29, 1.82) is 0 Å². The predicted molar refractivity (Wildman–Crippen MR) is 186 cm³/mol. The normalized spacial score (nSPS) is 19.6. The number of carbonyl (C=O) groups is 1. The van der Waals surface area contributed by atoms with Crippen molar-refractivity contribution in [3.05, 3.63) is 100.0 Å². The molecule has 244 valence electrons. The van der Waals surface area contributed by atoms with E-state index in [1.165, 1.54) is 5.57 Å². The van der Waals surface area contributed by atoms with Crippen molar-refractivity contribution in [1.82, 2.24) is 4.90 Å². The third-order valence-electron chi connectivity index (χ3n) is 9.03. The molecule has 0 aromatic heterocycles. The van der Waals surface area contributed by atoms with Crippen LogP contribution in [0.5, 0.6) is 5.75 Å². The number of allylic oxidation sites excluding steroid dienone is 9. The summed E-state index contributed by atoms with van der Waals surface area (Å²) in [5.74, 6) is 0.794. The summed E-state index contributed by atoms with van der Waals surface area (Å²) in [6.45, 7) is 3.16. The fraction of sp³-hybridized carbons (Fsp3) is 0.450. The molecule has 2 aliphatic carbocycles. The quantitative estimate of drug-likeness (QED) is 0.152. The van der Waals surface area contributed by atoms with E-state index < -0.39 is 6.61 Å². The average Bonchev–Trinajstić information content (AvgIpc) is 3.89. The maximum atomic E-state index is 13.6. The largest absolute Gasteiger partial charge is 0.434 e. The van der Waals surface area contributed by atoms with E-state index in [1.54, 1.807) is 6.07 Å². The number of hydrogen-bond acceptors (Lipinski definition) is 4. The summed E-state index contributed by atoms with van der Waals surface area (Å²) in [6, 6.07) is 5.59. The lowest BCUT2D eigenvalue weighted by Gasteiger charge is -2.32. The van der Waals surface area contributed by atoms with E-state index in [2.05, 4.69) is 54.1 Å². The van der Waals surface area contributed by atoms with Crippen LogP contribution in [0, 0.1) is 5.92 Å². The number of hydrogen-bond donors (Lipinski definition) is 0. The average molecular weight is 627 g/mol. The lowest BCUT2D eigenvalue weighted by molar-refractivity contribution is -0.116. The molecule has 1 fully saturated rings. The molecule has 1 saturated carbocycles. The van der Waals surface area contributed by atoms with Crippen LogP contribution in [0.2, 0.25) is 0 Å². The van der Waals surface area contributed by atoms with Gasteiger partial charge in [0.1, 0.15) is 5.75 Å². The molecule has 0 bridgehead atoms. The molecule has 0 atom stereocenters. The van der Waals surface area contributed by atoms with E-state index in [-0.39, 0.29) is 11.7 Å². The number of fused-ring (bicyclic) bond motifs is 1. The van der Waals surface area contributed by atoms with E-state index in [0.717, 1.165) is 117 Å². The number of unbranched alkanes of at least 4 members (excludes halogenated alkanes) is 1. The standard InChI is InChI=1S/C40H48F2N2O2/c1-3-10-29(11-4-2)12-6-5-7-13-30-16-21-35(38(26-30)46-40(41)42)33-19-20-34-28-43-23-22-37(36(34)27-33)44-24-8-14-31(15-9-25-44)39(45)32-17-18-32/h7,12-14,16,19,21-23,26-28,32,40H,3-6,8-11,15,17-18,20,24-25H2,1-2H3/b13-7+,31-14-. The predicted octanol–water partition coefficient (Wildman–Crippen LogP) is 10.6. The molecule has 0 amide bonds. The Labute approximate surface area is 273 Å². The van der Waals surface area contributed by atoms with Gasteiger partial charge in [0.15, 0.2) is 5.78 Å². The molecule has 6 heteroatoms. The van der Waals surface area contributed by atoms with E-state index in [0.29, 0.717) is 17.8 Å². The summed E-state index contributed by atoms with van der Waals surface area (Å²) in [5.41, 5.74) is 8.12. The number of benzene rings is 1. The minimum Gasteiger partial charge on any atom is -0.434 e. The first kappa shape index (κ1) is 33.6. The van der Waals surface area contributed by atoms with E-state index in [9.17, 15) is 13.6 Å². The number of Topliss-reactive ketones (excluding diaryl/α,β-unsaturated/α-hetero) is 1. The van der Waals surface area contributed by atoms with Crippen LogP contribution in [-0.2, 0) is 4.79 Å². The van der Waals surface area contributed by atoms with E-state index in [1.807, 2.05) is 36.7 Å². The Morgan fingerprint density at radius 2 is 1.93 bits per heavy atom. The molecule has 0 N–H and O–H groups in total. The van der Waals surface area contributed by atoms with Gasteiger partial charge in [0.25, 0.3) is 0 Å². The van der Waals surface area contributed by atoms with Gasteiger partial charge in [0, 0.05) is 48.3 Å². The summed E-state index contributed by atoms with van der Waals surface area (Å²) >= 11 is 0. The minimum absolute atomic E-state index is 0.181. The van der Waals surface area contributed by atoms with Crippen molar-refractivity contribution in [2.75, 3.05) is 13.1 Å². The second kappa shape index (κ2) is 16.7. The zero-order valence-electron chi connectivity index (χ0n) is 27.4. The first-order chi connectivity index (χ1) is 22.5. The van der Waals surface area contributed by atoms with Gasteiger partial charge in [-0.2, -0.15) is 8.78 Å². The molecule has 46 heavy (non-hydrogen) atoms. The highest BCUT2D eigenvalue weighted by Gasteiger charge is 2.32. The van der Waals surface area contributed by atoms with Gasteiger partial charge < -0.3 is 9.64 Å². The maximum Gasteiger partial charge on any atom is 0.387 e. The van der Waals surface area contributed by atoms with Gasteiger partial charge >= 0.3 is 6.61 Å². The number of carbonyl (C=O) groups excluding carboxylic acids is 1. The number of ketones is 1. The van der Waals surface area contributed by atoms with Crippen molar-refractivity contribution < 1.29 is 18.3 Å². The molecule has 4 aliphatic rings. The fourth-order valence-corrected chi connectivity index (χ4v) is 6.59. The van der Waals surface area contributed by atoms with Gasteiger partial charge in [-0.1, -0.05) is 74.8 Å². The van der Waals surface area contributed by atoms with Crippen molar-refractivity contribution in [2.45, 2.75) is 97.5 Å². The lowest BCUT2D eigenvalue weighted by Crippen LogP contribution is -2.28. The Bertz CT molecular complexity index is 1490. The lowest BCUT2D eigenvalue weighted by atomic mass is 9.88. The van der Waals surface area contributed by atoms with E-state index in [4.69, 9.17) is 4.74 Å². The van der Waals surface area contributed by atoms with Crippen LogP contribution >= 0.6 is 0 Å². The number of aliphatic imine (C=N–C) groups is 1. The highest BCUT2D eigenvalue weighted by molar-refractivity contribution is 5.98. The second-order valence-electron chi connectivity index (χ2n) is 12.6. The molecular formula is C40H48F2N2O2. The topological polar surface area (TPSA) is 41.9 Å². The van der Waals surface area contributed by atoms with Gasteiger partial charge in [-0.3, -0.25) is 9.79 Å². The van der Waals surface area contributed by atoms with Crippen molar-refractivity contribution in [3.63, 3.8) is 0 Å². The van der Waals surface area contributed by atoms with Crippen LogP contribution in [0.25, 0.3) is 11.6 Å². The third kappa shape index (κ3) is 9.14. The molecule has 4 nitrogen and oxygen atoms in total. The first-order valence-electron chi connectivity index (χ1n) is 17.2. The fourth-order valence-electron chi connectivity index (χ4n) is 6.59. The van der Waals surface area contributed by atoms with Crippen LogP contribution in [0.15, 0.2) is 93.8 Å². The Morgan fingerprint density at radius 3 is 2.70 bits per heavy atom. The summed E-state index contributed by atoms with van der Waals surface area (Å²) < 4.78 is 32.3. The number of nitrogens with zero attached hydrogens (tertiary/aromatic N) is 2. The van der Waals surface area contributed by atoms with Crippen LogP contribution in [0.4, 0.5) is 8.78 Å². The van der Waals surface area contributed by atoms with Gasteiger partial charge in [-0.25, -0.2) is 0 Å². The number of rotatable bonds is 14. The SMILES string of the molecule is CCCC(=CCC/C=C/c1ccc(C2=CCC3=CN=CC=C(N4CC/C=C(\C(=O)C5CC5)CCC4)C3=C2)c(OC(F)F)c1)CCC. The van der Waals surface area contributed by atoms with E-state index >= 15 is 0 Å². The Balaban J connectivity index is 1.33. The van der Waals surface area contributed by atoms with Gasteiger partial charge in [0.2, 0.25) is 0 Å². The molecule has 0 unspecified atom stereocenters. The summed E-state index contributed by atoms with van der Waals surface area (Å²) in [7, 11) is 0. The molecule has 1 aromatic rings. The van der Waals surface area contributed by atoms with Crippen LogP contribution in [0.3, 0.4) is 0 Å². The zero-order chi connectivity index (χ0) is 32.3. The second-order valence-corrected chi connectivity index (χ2v) is 12.6. The Kier molecular flexibility index (Phi) is 12.2. The minimum atomic E-state index is -2.92. The number of alkyl halides is 2. The van der Waals surface area contributed by atoms with Crippen molar-refractivity contribution >= 4 is 23.6 Å². The molecule has 0 spiro atoms. The molecule has 0 radical (unpaired) electrons. The Morgan fingerprint density at radius 1 is 1.11 bits per heavy atom. The van der Waals surface area contributed by atoms with Crippen LogP contribution in [0.1, 0.15) is 102 Å². The highest BCUT2D eigenvalue weighted by Crippen LogP contribution is 2.39.